The molecule has 1 fully saturated rings. The van der Waals surface area contributed by atoms with Gasteiger partial charge in [-0.25, -0.2) is 4.57 Å². The number of hydrogen-bond donors (Lipinski definition) is 0. The Hall–Kier alpha value is -1.63. The molecule has 1 heterocycles. The minimum Gasteiger partial charge on any atom is -0.201 e. The molecule has 0 aliphatic heterocycles. The van der Waals surface area contributed by atoms with Gasteiger partial charge in [0.1, 0.15) is 7.05 Å². The van der Waals surface area contributed by atoms with Crippen molar-refractivity contribution < 1.29 is 4.57 Å². The SMILES string of the molecule is Cc1cc(C(C)(C)C)ccc1-c1cc(C(C)C)c(C2(C)CCCC2)c[n+]1C. The number of hydrogen-bond acceptors (Lipinski definition) is 0. The Labute approximate surface area is 166 Å². The summed E-state index contributed by atoms with van der Waals surface area (Å²) < 4.78 is 2.36. The van der Waals surface area contributed by atoms with E-state index >= 15 is 0 Å². The van der Waals surface area contributed by atoms with Gasteiger partial charge < -0.3 is 0 Å². The van der Waals surface area contributed by atoms with E-state index in [1.165, 1.54) is 53.6 Å². The van der Waals surface area contributed by atoms with E-state index in [-0.39, 0.29) is 5.41 Å². The van der Waals surface area contributed by atoms with Crippen LogP contribution in [0.5, 0.6) is 0 Å². The van der Waals surface area contributed by atoms with Crippen LogP contribution in [0.2, 0.25) is 0 Å². The summed E-state index contributed by atoms with van der Waals surface area (Å²) in [4.78, 5) is 0. The molecule has 0 atom stereocenters. The number of nitrogens with zero attached hydrogens (tertiary/aromatic N) is 1. The Morgan fingerprint density at radius 3 is 2.19 bits per heavy atom. The number of benzene rings is 1. The lowest BCUT2D eigenvalue weighted by Gasteiger charge is -2.27. The highest BCUT2D eigenvalue weighted by molar-refractivity contribution is 5.63. The molecule has 3 rings (SSSR count). The molecule has 2 aromatic rings. The van der Waals surface area contributed by atoms with Crippen LogP contribution in [0.15, 0.2) is 30.5 Å². The molecule has 0 bridgehead atoms. The van der Waals surface area contributed by atoms with Crippen LogP contribution >= 0.6 is 0 Å². The molecule has 0 unspecified atom stereocenters. The van der Waals surface area contributed by atoms with Gasteiger partial charge in [-0.3, -0.25) is 0 Å². The smallest absolute Gasteiger partial charge is 0.201 e. The second kappa shape index (κ2) is 7.08. The third-order valence-electron chi connectivity index (χ3n) is 6.65. The Morgan fingerprint density at radius 1 is 1.04 bits per heavy atom. The molecule has 0 saturated heterocycles. The lowest BCUT2D eigenvalue weighted by molar-refractivity contribution is -0.661. The maximum Gasteiger partial charge on any atom is 0.212 e. The van der Waals surface area contributed by atoms with E-state index in [1.54, 1.807) is 5.56 Å². The monoisotopic (exact) mass is 364 g/mol. The average molecular weight is 365 g/mol. The molecular formula is C26H38N+. The molecule has 1 aliphatic carbocycles. The standard InChI is InChI=1S/C26H38N/c1-18(2)22-16-24(21-12-11-20(15-19(21)3)25(4,5)6)27(8)17-23(22)26(7)13-9-10-14-26/h11-12,15-18H,9-10,13-14H2,1-8H3/q+1. The first-order valence-electron chi connectivity index (χ1n) is 10.7. The van der Waals surface area contributed by atoms with Gasteiger partial charge in [0, 0.05) is 17.2 Å². The predicted molar refractivity (Wildman–Crippen MR) is 116 cm³/mol. The van der Waals surface area contributed by atoms with E-state index in [1.807, 2.05) is 0 Å². The summed E-state index contributed by atoms with van der Waals surface area (Å²) in [6, 6.07) is 9.48. The zero-order chi connectivity index (χ0) is 20.0. The van der Waals surface area contributed by atoms with Gasteiger partial charge in [-0.15, -0.1) is 0 Å². The summed E-state index contributed by atoms with van der Waals surface area (Å²) in [6.07, 6.45) is 7.82. The van der Waals surface area contributed by atoms with Crippen molar-refractivity contribution in [3.63, 3.8) is 0 Å². The zero-order valence-electron chi connectivity index (χ0n) is 18.7. The van der Waals surface area contributed by atoms with E-state index in [2.05, 4.69) is 90.5 Å². The summed E-state index contributed by atoms with van der Waals surface area (Å²) in [5.41, 5.74) is 9.11. The van der Waals surface area contributed by atoms with Gasteiger partial charge in [0.25, 0.3) is 0 Å². The Bertz CT molecular complexity index is 830. The lowest BCUT2D eigenvalue weighted by atomic mass is 9.77. The van der Waals surface area contributed by atoms with E-state index in [4.69, 9.17) is 0 Å². The number of aromatic nitrogens is 1. The third kappa shape index (κ3) is 3.84. The summed E-state index contributed by atoms with van der Waals surface area (Å²) in [5, 5.41) is 0. The minimum atomic E-state index is 0.190. The Kier molecular flexibility index (Phi) is 5.27. The molecule has 0 N–H and O–H groups in total. The largest absolute Gasteiger partial charge is 0.212 e. The molecule has 1 aromatic heterocycles. The minimum absolute atomic E-state index is 0.190. The van der Waals surface area contributed by atoms with E-state index in [0.717, 1.165) is 0 Å². The van der Waals surface area contributed by atoms with Crippen molar-refractivity contribution in [2.45, 2.75) is 90.9 Å². The van der Waals surface area contributed by atoms with Gasteiger partial charge in [-0.05, 0) is 59.3 Å². The van der Waals surface area contributed by atoms with E-state index in [9.17, 15) is 0 Å². The van der Waals surface area contributed by atoms with Crippen LogP contribution in [0.25, 0.3) is 11.3 Å². The van der Waals surface area contributed by atoms with Crippen molar-refractivity contribution >= 4 is 0 Å². The van der Waals surface area contributed by atoms with Crippen molar-refractivity contribution in [3.8, 4) is 11.3 Å². The summed E-state index contributed by atoms with van der Waals surface area (Å²) in [5.74, 6) is 0.548. The average Bonchev–Trinajstić information content (AvgIpc) is 3.01. The van der Waals surface area contributed by atoms with E-state index in [0.29, 0.717) is 11.3 Å². The second-order valence-electron chi connectivity index (χ2n) is 10.3. The van der Waals surface area contributed by atoms with Crippen molar-refractivity contribution in [1.29, 1.82) is 0 Å². The number of rotatable bonds is 3. The molecule has 0 spiro atoms. The molecule has 0 radical (unpaired) electrons. The van der Waals surface area contributed by atoms with Gasteiger partial charge >= 0.3 is 0 Å². The fourth-order valence-corrected chi connectivity index (χ4v) is 4.76. The maximum atomic E-state index is 2.48. The second-order valence-corrected chi connectivity index (χ2v) is 10.3. The first-order chi connectivity index (χ1) is 12.5. The molecule has 1 heteroatoms. The van der Waals surface area contributed by atoms with Crippen LogP contribution in [-0.2, 0) is 17.9 Å². The summed E-state index contributed by atoms with van der Waals surface area (Å²) >= 11 is 0. The van der Waals surface area contributed by atoms with Gasteiger partial charge in [-0.2, -0.15) is 0 Å². The van der Waals surface area contributed by atoms with Gasteiger partial charge in [0.2, 0.25) is 5.69 Å². The zero-order valence-corrected chi connectivity index (χ0v) is 18.7. The number of aryl methyl sites for hydroxylation is 2. The highest BCUT2D eigenvalue weighted by Gasteiger charge is 2.35. The molecule has 1 saturated carbocycles. The molecule has 1 nitrogen and oxygen atoms in total. The van der Waals surface area contributed by atoms with Crippen LogP contribution in [0.3, 0.4) is 0 Å². The van der Waals surface area contributed by atoms with Crippen molar-refractivity contribution in [2.75, 3.05) is 0 Å². The van der Waals surface area contributed by atoms with E-state index < -0.39 is 0 Å². The van der Waals surface area contributed by atoms with Crippen molar-refractivity contribution in [2.24, 2.45) is 7.05 Å². The van der Waals surface area contributed by atoms with Crippen LogP contribution in [0.1, 0.15) is 95.4 Å². The van der Waals surface area contributed by atoms with Gasteiger partial charge in [-0.1, -0.05) is 66.5 Å². The first kappa shape index (κ1) is 20.1. The predicted octanol–water partition coefficient (Wildman–Crippen LogP) is 6.74. The fourth-order valence-electron chi connectivity index (χ4n) is 4.76. The van der Waals surface area contributed by atoms with Crippen LogP contribution in [0, 0.1) is 6.92 Å². The highest BCUT2D eigenvalue weighted by Crippen LogP contribution is 2.43. The Morgan fingerprint density at radius 2 is 1.67 bits per heavy atom. The fraction of sp³-hybridized carbons (Fsp3) is 0.577. The highest BCUT2D eigenvalue weighted by atomic mass is 14.9. The summed E-state index contributed by atoms with van der Waals surface area (Å²) in [7, 11) is 2.22. The molecule has 27 heavy (non-hydrogen) atoms. The lowest BCUT2D eigenvalue weighted by Crippen LogP contribution is -2.35. The summed E-state index contributed by atoms with van der Waals surface area (Å²) in [6.45, 7) is 16.3. The van der Waals surface area contributed by atoms with Gasteiger partial charge in [0.15, 0.2) is 6.20 Å². The molecule has 1 aromatic carbocycles. The van der Waals surface area contributed by atoms with Crippen LogP contribution in [-0.4, -0.2) is 0 Å². The van der Waals surface area contributed by atoms with Crippen LogP contribution in [0.4, 0.5) is 0 Å². The van der Waals surface area contributed by atoms with Crippen LogP contribution < -0.4 is 4.57 Å². The molecule has 146 valence electrons. The number of pyridine rings is 1. The van der Waals surface area contributed by atoms with Crippen molar-refractivity contribution in [3.05, 3.63) is 52.7 Å². The normalized spacial score (nSPS) is 16.9. The van der Waals surface area contributed by atoms with Gasteiger partial charge in [0.05, 0.1) is 0 Å². The molecule has 1 aliphatic rings. The first-order valence-corrected chi connectivity index (χ1v) is 10.7. The Balaban J connectivity index is 2.14. The van der Waals surface area contributed by atoms with Crippen molar-refractivity contribution in [1.82, 2.24) is 0 Å². The maximum absolute atomic E-state index is 2.48. The molecular weight excluding hydrogens is 326 g/mol. The topological polar surface area (TPSA) is 3.88 Å². The third-order valence-corrected chi connectivity index (χ3v) is 6.65. The molecule has 0 amide bonds. The quantitative estimate of drug-likeness (QED) is 0.531.